The molecule has 28 heavy (non-hydrogen) atoms. The van der Waals surface area contributed by atoms with Crippen LogP contribution >= 0.6 is 0 Å². The molecule has 0 radical (unpaired) electrons. The van der Waals surface area contributed by atoms with E-state index in [0.717, 1.165) is 0 Å². The zero-order chi connectivity index (χ0) is 20.3. The minimum atomic E-state index is -0.830. The van der Waals surface area contributed by atoms with Gasteiger partial charge in [-0.2, -0.15) is 0 Å². The number of ether oxygens (including phenoxy) is 1. The Labute approximate surface area is 161 Å². The second-order valence-corrected chi connectivity index (χ2v) is 6.14. The van der Waals surface area contributed by atoms with E-state index in [1.807, 2.05) is 0 Å². The maximum absolute atomic E-state index is 12.4. The van der Waals surface area contributed by atoms with Crippen molar-refractivity contribution in [1.29, 1.82) is 0 Å². The first-order chi connectivity index (χ1) is 13.4. The Morgan fingerprint density at radius 3 is 2.07 bits per heavy atom. The van der Waals surface area contributed by atoms with E-state index in [-0.39, 0.29) is 23.5 Å². The molecule has 1 aliphatic heterocycles. The summed E-state index contributed by atoms with van der Waals surface area (Å²) in [6.45, 7) is 1.33. The molecule has 144 valence electrons. The van der Waals surface area contributed by atoms with Crippen molar-refractivity contribution in [2.75, 3.05) is 7.11 Å². The normalized spacial score (nSPS) is 13.7. The SMILES string of the molecule is COc1ccc(C(CC(=O)ON2C(=O)c3ccccc3C2=O)NC(C)=O)cc1. The summed E-state index contributed by atoms with van der Waals surface area (Å²) < 4.78 is 5.09. The van der Waals surface area contributed by atoms with E-state index in [2.05, 4.69) is 5.32 Å². The first-order valence-corrected chi connectivity index (χ1v) is 8.50. The first-order valence-electron chi connectivity index (χ1n) is 8.50. The molecule has 0 spiro atoms. The van der Waals surface area contributed by atoms with Crippen LogP contribution in [0.5, 0.6) is 5.75 Å². The molecule has 0 fully saturated rings. The fourth-order valence-corrected chi connectivity index (χ4v) is 2.89. The highest BCUT2D eigenvalue weighted by molar-refractivity contribution is 6.20. The third kappa shape index (κ3) is 3.85. The van der Waals surface area contributed by atoms with E-state index in [1.54, 1.807) is 36.4 Å². The van der Waals surface area contributed by atoms with E-state index in [1.165, 1.54) is 26.2 Å². The van der Waals surface area contributed by atoms with Gasteiger partial charge < -0.3 is 14.9 Å². The molecule has 2 aromatic carbocycles. The average molecular weight is 382 g/mol. The quantitative estimate of drug-likeness (QED) is 0.767. The van der Waals surface area contributed by atoms with Crippen LogP contribution in [-0.4, -0.2) is 35.9 Å². The van der Waals surface area contributed by atoms with Crippen molar-refractivity contribution in [2.24, 2.45) is 0 Å². The second-order valence-electron chi connectivity index (χ2n) is 6.14. The fraction of sp³-hybridized carbons (Fsp3) is 0.200. The maximum atomic E-state index is 12.4. The summed E-state index contributed by atoms with van der Waals surface area (Å²) in [4.78, 5) is 53.5. The summed E-state index contributed by atoms with van der Waals surface area (Å²) in [7, 11) is 1.53. The number of carbonyl (C=O) groups is 4. The van der Waals surface area contributed by atoms with Crippen molar-refractivity contribution < 1.29 is 28.8 Å². The maximum Gasteiger partial charge on any atom is 0.335 e. The summed E-state index contributed by atoms with van der Waals surface area (Å²) >= 11 is 0. The van der Waals surface area contributed by atoms with Gasteiger partial charge in [-0.25, -0.2) is 4.79 Å². The van der Waals surface area contributed by atoms with Crippen molar-refractivity contribution in [2.45, 2.75) is 19.4 Å². The number of hydroxylamine groups is 2. The number of methoxy groups -OCH3 is 1. The van der Waals surface area contributed by atoms with Gasteiger partial charge in [-0.1, -0.05) is 29.3 Å². The van der Waals surface area contributed by atoms with Crippen molar-refractivity contribution in [3.05, 3.63) is 65.2 Å². The third-order valence-corrected chi connectivity index (χ3v) is 4.22. The lowest BCUT2D eigenvalue weighted by molar-refractivity contribution is -0.169. The number of nitrogens with one attached hydrogen (secondary N) is 1. The average Bonchev–Trinajstić information content (AvgIpc) is 2.92. The predicted octanol–water partition coefficient (Wildman–Crippen LogP) is 2.02. The zero-order valence-corrected chi connectivity index (χ0v) is 15.3. The number of nitrogens with zero attached hydrogens (tertiary/aromatic N) is 1. The topological polar surface area (TPSA) is 102 Å². The summed E-state index contributed by atoms with van der Waals surface area (Å²) in [6, 6.07) is 12.3. The van der Waals surface area contributed by atoms with Crippen LogP contribution in [0.15, 0.2) is 48.5 Å². The van der Waals surface area contributed by atoms with Crippen LogP contribution in [0.3, 0.4) is 0 Å². The number of benzene rings is 2. The Morgan fingerprint density at radius 2 is 1.57 bits per heavy atom. The lowest BCUT2D eigenvalue weighted by Crippen LogP contribution is -2.35. The molecule has 0 bridgehead atoms. The van der Waals surface area contributed by atoms with Gasteiger partial charge in [0.05, 0.1) is 30.7 Å². The van der Waals surface area contributed by atoms with Crippen molar-refractivity contribution in [3.8, 4) is 5.75 Å². The van der Waals surface area contributed by atoms with Gasteiger partial charge in [0.15, 0.2) is 0 Å². The molecule has 0 aliphatic carbocycles. The summed E-state index contributed by atoms with van der Waals surface area (Å²) in [6.07, 6.45) is -0.265. The summed E-state index contributed by atoms with van der Waals surface area (Å²) in [5.41, 5.74) is 0.998. The molecule has 0 aromatic heterocycles. The number of amides is 3. The van der Waals surface area contributed by atoms with Crippen LogP contribution in [0, 0.1) is 0 Å². The fourth-order valence-electron chi connectivity index (χ4n) is 2.89. The minimum Gasteiger partial charge on any atom is -0.497 e. The van der Waals surface area contributed by atoms with E-state index in [0.29, 0.717) is 16.4 Å². The minimum absolute atomic E-state index is 0.175. The van der Waals surface area contributed by atoms with Gasteiger partial charge in [-0.15, -0.1) is 0 Å². The molecule has 2 aromatic rings. The summed E-state index contributed by atoms with van der Waals surface area (Å²) in [5.74, 6) is -1.94. The van der Waals surface area contributed by atoms with Crippen molar-refractivity contribution in [3.63, 3.8) is 0 Å². The molecular weight excluding hydrogens is 364 g/mol. The van der Waals surface area contributed by atoms with Gasteiger partial charge in [0.2, 0.25) is 5.91 Å². The van der Waals surface area contributed by atoms with Gasteiger partial charge >= 0.3 is 5.97 Å². The van der Waals surface area contributed by atoms with Gasteiger partial charge in [-0.05, 0) is 29.8 Å². The Bertz CT molecular complexity index is 903. The Balaban J connectivity index is 1.73. The largest absolute Gasteiger partial charge is 0.497 e. The number of rotatable bonds is 6. The number of hydrogen-bond donors (Lipinski definition) is 1. The molecule has 0 saturated heterocycles. The lowest BCUT2D eigenvalue weighted by atomic mass is 10.0. The molecule has 1 atom stereocenters. The van der Waals surface area contributed by atoms with Crippen LogP contribution in [0.2, 0.25) is 0 Å². The number of hydrogen-bond acceptors (Lipinski definition) is 6. The van der Waals surface area contributed by atoms with Crippen LogP contribution in [0.1, 0.15) is 45.7 Å². The van der Waals surface area contributed by atoms with E-state index >= 15 is 0 Å². The van der Waals surface area contributed by atoms with Crippen molar-refractivity contribution in [1.82, 2.24) is 10.4 Å². The van der Waals surface area contributed by atoms with Gasteiger partial charge in [0.25, 0.3) is 11.8 Å². The molecule has 1 aliphatic rings. The first kappa shape index (κ1) is 19.1. The highest BCUT2D eigenvalue weighted by atomic mass is 16.7. The highest BCUT2D eigenvalue weighted by Crippen LogP contribution is 2.25. The highest BCUT2D eigenvalue weighted by Gasteiger charge is 2.38. The molecule has 1 unspecified atom stereocenters. The zero-order valence-electron chi connectivity index (χ0n) is 15.3. The van der Waals surface area contributed by atoms with E-state index in [9.17, 15) is 19.2 Å². The predicted molar refractivity (Wildman–Crippen MR) is 97.2 cm³/mol. The second kappa shape index (κ2) is 7.91. The molecule has 1 N–H and O–H groups in total. The van der Waals surface area contributed by atoms with Crippen LogP contribution in [0.4, 0.5) is 0 Å². The Kier molecular flexibility index (Phi) is 5.39. The van der Waals surface area contributed by atoms with E-state index < -0.39 is 23.8 Å². The number of carbonyl (C=O) groups excluding carboxylic acids is 4. The molecular formula is C20H18N2O6. The molecule has 3 rings (SSSR count). The number of imide groups is 1. The van der Waals surface area contributed by atoms with Crippen LogP contribution in [0.25, 0.3) is 0 Å². The molecule has 0 saturated carbocycles. The molecule has 3 amide bonds. The van der Waals surface area contributed by atoms with Crippen LogP contribution < -0.4 is 10.1 Å². The van der Waals surface area contributed by atoms with Gasteiger partial charge in [0, 0.05) is 6.92 Å². The Hall–Kier alpha value is -3.68. The summed E-state index contributed by atoms with van der Waals surface area (Å²) in [5, 5.41) is 3.11. The molecule has 8 nitrogen and oxygen atoms in total. The van der Waals surface area contributed by atoms with E-state index in [4.69, 9.17) is 9.57 Å². The third-order valence-electron chi connectivity index (χ3n) is 4.22. The standard InChI is InChI=1S/C20H18N2O6/c1-12(23)21-17(13-7-9-14(27-2)10-8-13)11-18(24)28-22-19(25)15-5-3-4-6-16(15)20(22)26/h3-10,17H,11H2,1-2H3,(H,21,23). The van der Waals surface area contributed by atoms with Gasteiger partial charge in [0.1, 0.15) is 5.75 Å². The van der Waals surface area contributed by atoms with Gasteiger partial charge in [-0.3, -0.25) is 14.4 Å². The number of fused-ring (bicyclic) bond motifs is 1. The molecule has 1 heterocycles. The lowest BCUT2D eigenvalue weighted by Gasteiger charge is -2.19. The Morgan fingerprint density at radius 1 is 1.00 bits per heavy atom. The monoisotopic (exact) mass is 382 g/mol. The smallest absolute Gasteiger partial charge is 0.335 e. The van der Waals surface area contributed by atoms with Crippen LogP contribution in [-0.2, 0) is 14.4 Å². The van der Waals surface area contributed by atoms with Crippen molar-refractivity contribution >= 4 is 23.7 Å². The molecule has 8 heteroatoms.